The van der Waals surface area contributed by atoms with E-state index in [0.717, 1.165) is 23.4 Å². The molecular formula is C20H20FN3O2S2. The Morgan fingerprint density at radius 1 is 1.11 bits per heavy atom. The van der Waals surface area contributed by atoms with Crippen LogP contribution in [0.2, 0.25) is 0 Å². The van der Waals surface area contributed by atoms with Crippen LogP contribution in [0.15, 0.2) is 53.4 Å². The lowest BCUT2D eigenvalue weighted by molar-refractivity contribution is 0.410. The highest BCUT2D eigenvalue weighted by Gasteiger charge is 2.27. The van der Waals surface area contributed by atoms with Crippen molar-refractivity contribution in [3.05, 3.63) is 59.9 Å². The summed E-state index contributed by atoms with van der Waals surface area (Å²) in [5, 5.41) is 3.68. The molecule has 1 saturated heterocycles. The molecule has 0 aromatic heterocycles. The van der Waals surface area contributed by atoms with E-state index in [1.54, 1.807) is 0 Å². The monoisotopic (exact) mass is 417 g/mol. The maximum atomic E-state index is 13.1. The summed E-state index contributed by atoms with van der Waals surface area (Å²) >= 11 is 5.49. The van der Waals surface area contributed by atoms with Crippen LogP contribution in [-0.2, 0) is 10.0 Å². The van der Waals surface area contributed by atoms with Crippen LogP contribution in [0, 0.1) is 18.2 Å². The van der Waals surface area contributed by atoms with Crippen molar-refractivity contribution in [1.29, 1.82) is 0 Å². The molecule has 1 N–H and O–H groups in total. The number of nitrogens with zero attached hydrogens (tertiary/aromatic N) is 2. The molecule has 0 atom stereocenters. The Labute approximate surface area is 170 Å². The van der Waals surface area contributed by atoms with Gasteiger partial charge in [0.2, 0.25) is 10.0 Å². The Kier molecular flexibility index (Phi) is 6.29. The third-order valence-corrected chi connectivity index (χ3v) is 6.75. The summed E-state index contributed by atoms with van der Waals surface area (Å²) in [6.45, 7) is 1.77. The number of rotatable bonds is 3. The Hall–Kier alpha value is -2.47. The molecule has 28 heavy (non-hydrogen) atoms. The van der Waals surface area contributed by atoms with E-state index in [0.29, 0.717) is 37.7 Å². The Morgan fingerprint density at radius 2 is 1.86 bits per heavy atom. The number of benzene rings is 2. The van der Waals surface area contributed by atoms with Crippen molar-refractivity contribution in [1.82, 2.24) is 9.21 Å². The third kappa shape index (κ3) is 4.68. The van der Waals surface area contributed by atoms with Gasteiger partial charge in [-0.15, -0.1) is 6.42 Å². The molecule has 0 aliphatic carbocycles. The standard InChI is InChI=1S/C20H20FN3O2S2/c1-2-16-5-3-6-18(15-16)22-20(27)23-11-4-12-24(14-13-23)28(25,26)19-9-7-17(21)8-10-19/h1,3,5-10,15H,4,11-14H2,(H,22,27). The van der Waals surface area contributed by atoms with Gasteiger partial charge in [-0.3, -0.25) is 0 Å². The first kappa shape index (κ1) is 20.3. The zero-order chi connectivity index (χ0) is 20.1. The second-order valence-electron chi connectivity index (χ2n) is 6.35. The molecule has 5 nitrogen and oxygen atoms in total. The minimum Gasteiger partial charge on any atom is -0.348 e. The molecule has 1 aliphatic heterocycles. The molecule has 146 valence electrons. The first-order valence-electron chi connectivity index (χ1n) is 8.78. The second kappa shape index (κ2) is 8.69. The van der Waals surface area contributed by atoms with E-state index in [1.165, 1.54) is 16.4 Å². The van der Waals surface area contributed by atoms with Crippen LogP contribution >= 0.6 is 12.2 Å². The van der Waals surface area contributed by atoms with Crippen LogP contribution in [0.3, 0.4) is 0 Å². The normalized spacial score (nSPS) is 15.5. The van der Waals surface area contributed by atoms with Gasteiger partial charge < -0.3 is 10.2 Å². The fourth-order valence-corrected chi connectivity index (χ4v) is 4.75. The number of thiocarbonyl (C=S) groups is 1. The number of hydrogen-bond acceptors (Lipinski definition) is 3. The maximum absolute atomic E-state index is 13.1. The fraction of sp³-hybridized carbons (Fsp3) is 0.250. The zero-order valence-corrected chi connectivity index (χ0v) is 16.8. The van der Waals surface area contributed by atoms with Crippen molar-refractivity contribution in [2.75, 3.05) is 31.5 Å². The summed E-state index contributed by atoms with van der Waals surface area (Å²) in [4.78, 5) is 2.03. The van der Waals surface area contributed by atoms with E-state index in [1.807, 2.05) is 29.2 Å². The van der Waals surface area contributed by atoms with Crippen LogP contribution < -0.4 is 5.32 Å². The number of nitrogens with one attached hydrogen (secondary N) is 1. The van der Waals surface area contributed by atoms with E-state index >= 15 is 0 Å². The average Bonchev–Trinajstić information content (AvgIpc) is 2.95. The van der Waals surface area contributed by atoms with Gasteiger partial charge in [-0.25, -0.2) is 12.8 Å². The van der Waals surface area contributed by atoms with Crippen molar-refractivity contribution in [3.63, 3.8) is 0 Å². The van der Waals surface area contributed by atoms with Crippen molar-refractivity contribution in [3.8, 4) is 12.3 Å². The van der Waals surface area contributed by atoms with Crippen LogP contribution in [0.5, 0.6) is 0 Å². The van der Waals surface area contributed by atoms with Gasteiger partial charge in [0, 0.05) is 37.4 Å². The van der Waals surface area contributed by atoms with Crippen LogP contribution in [0.4, 0.5) is 10.1 Å². The van der Waals surface area contributed by atoms with Gasteiger partial charge >= 0.3 is 0 Å². The van der Waals surface area contributed by atoms with Crippen molar-refractivity contribution >= 4 is 33.0 Å². The maximum Gasteiger partial charge on any atom is 0.243 e. The topological polar surface area (TPSA) is 52.6 Å². The number of anilines is 1. The lowest BCUT2D eigenvalue weighted by atomic mass is 10.2. The minimum atomic E-state index is -3.66. The van der Waals surface area contributed by atoms with E-state index in [-0.39, 0.29) is 4.90 Å². The summed E-state index contributed by atoms with van der Waals surface area (Å²) in [7, 11) is -3.66. The quantitative estimate of drug-likeness (QED) is 0.615. The molecule has 0 amide bonds. The van der Waals surface area contributed by atoms with E-state index in [9.17, 15) is 12.8 Å². The molecule has 3 rings (SSSR count). The summed E-state index contributed by atoms with van der Waals surface area (Å²) in [5.41, 5.74) is 1.54. The van der Waals surface area contributed by atoms with Gasteiger partial charge in [0.1, 0.15) is 5.82 Å². The molecule has 0 spiro atoms. The molecule has 8 heteroatoms. The molecule has 0 bridgehead atoms. The number of sulfonamides is 1. The number of terminal acetylenes is 1. The smallest absolute Gasteiger partial charge is 0.243 e. The Bertz CT molecular complexity index is 1000. The molecular weight excluding hydrogens is 397 g/mol. The molecule has 1 fully saturated rings. The van der Waals surface area contributed by atoms with Gasteiger partial charge in [0.25, 0.3) is 0 Å². The van der Waals surface area contributed by atoms with Crippen molar-refractivity contribution in [2.45, 2.75) is 11.3 Å². The van der Waals surface area contributed by atoms with Gasteiger partial charge in [-0.1, -0.05) is 12.0 Å². The summed E-state index contributed by atoms with van der Waals surface area (Å²) in [6, 6.07) is 12.3. The molecule has 0 radical (unpaired) electrons. The first-order chi connectivity index (χ1) is 13.4. The molecule has 0 saturated carbocycles. The average molecular weight is 418 g/mol. The molecule has 1 heterocycles. The van der Waals surface area contributed by atoms with Gasteiger partial charge in [-0.05, 0) is 61.1 Å². The molecule has 0 unspecified atom stereocenters. The predicted octanol–water partition coefficient (Wildman–Crippen LogP) is 2.90. The van der Waals surface area contributed by atoms with Gasteiger partial charge in [0.05, 0.1) is 4.90 Å². The number of halogens is 1. The largest absolute Gasteiger partial charge is 0.348 e. The third-order valence-electron chi connectivity index (χ3n) is 4.47. The van der Waals surface area contributed by atoms with E-state index in [4.69, 9.17) is 18.6 Å². The fourth-order valence-electron chi connectivity index (χ4n) is 2.98. The highest BCUT2D eigenvalue weighted by Crippen LogP contribution is 2.19. The highest BCUT2D eigenvalue weighted by atomic mass is 32.2. The van der Waals surface area contributed by atoms with Crippen molar-refractivity contribution in [2.24, 2.45) is 0 Å². The highest BCUT2D eigenvalue weighted by molar-refractivity contribution is 7.89. The summed E-state index contributed by atoms with van der Waals surface area (Å²) in [5.74, 6) is 2.11. The van der Waals surface area contributed by atoms with Gasteiger partial charge in [-0.2, -0.15) is 4.31 Å². The SMILES string of the molecule is C#Cc1cccc(NC(=S)N2CCCN(S(=O)(=O)c3ccc(F)cc3)CC2)c1. The minimum absolute atomic E-state index is 0.0918. The summed E-state index contributed by atoms with van der Waals surface area (Å²) in [6.07, 6.45) is 6.05. The van der Waals surface area contributed by atoms with E-state index in [2.05, 4.69) is 11.2 Å². The molecule has 1 aliphatic rings. The first-order valence-corrected chi connectivity index (χ1v) is 10.6. The van der Waals surface area contributed by atoms with Crippen LogP contribution in [0.1, 0.15) is 12.0 Å². The van der Waals surface area contributed by atoms with Crippen molar-refractivity contribution < 1.29 is 12.8 Å². The molecule has 2 aromatic rings. The van der Waals surface area contributed by atoms with Gasteiger partial charge in [0.15, 0.2) is 5.11 Å². The second-order valence-corrected chi connectivity index (χ2v) is 8.68. The summed E-state index contributed by atoms with van der Waals surface area (Å²) < 4.78 is 40.1. The van der Waals surface area contributed by atoms with Crippen LogP contribution in [0.25, 0.3) is 0 Å². The van der Waals surface area contributed by atoms with Crippen LogP contribution in [-0.4, -0.2) is 48.9 Å². The number of hydrogen-bond donors (Lipinski definition) is 1. The molecule has 2 aromatic carbocycles. The zero-order valence-electron chi connectivity index (χ0n) is 15.1. The predicted molar refractivity (Wildman–Crippen MR) is 112 cm³/mol. The lowest BCUT2D eigenvalue weighted by Crippen LogP contribution is -2.39. The Balaban J connectivity index is 1.66. The lowest BCUT2D eigenvalue weighted by Gasteiger charge is -2.24. The van der Waals surface area contributed by atoms with E-state index < -0.39 is 15.8 Å². The Morgan fingerprint density at radius 3 is 2.57 bits per heavy atom.